The van der Waals surface area contributed by atoms with Crippen LogP contribution in [0.4, 0.5) is 0 Å². The number of hydrogen-bond acceptors (Lipinski definition) is 15. The van der Waals surface area contributed by atoms with Crippen LogP contribution in [-0.4, -0.2) is 170 Å². The Labute approximate surface area is 537 Å². The molecule has 8 rings (SSSR count). The highest BCUT2D eigenvalue weighted by Crippen LogP contribution is 2.68. The van der Waals surface area contributed by atoms with Crippen LogP contribution in [-0.2, 0) is 54.4 Å². The quantitative estimate of drug-likeness (QED) is 0.136. The van der Waals surface area contributed by atoms with E-state index in [-0.39, 0.29) is 69.0 Å². The van der Waals surface area contributed by atoms with Gasteiger partial charge in [0.25, 0.3) is 5.91 Å². The molecule has 22 nitrogen and oxygen atoms in total. The number of rotatable bonds is 13. The number of ketones is 1. The average Bonchev–Trinajstić information content (AvgIpc) is 1.51. The molecule has 1 aromatic carbocycles. The van der Waals surface area contributed by atoms with Gasteiger partial charge in [-0.15, -0.1) is 23.5 Å². The first-order valence-electron chi connectivity index (χ1n) is 32.4. The van der Waals surface area contributed by atoms with Crippen LogP contribution in [0.15, 0.2) is 74.6 Å². The lowest BCUT2D eigenvalue weighted by molar-refractivity contribution is -0.143. The van der Waals surface area contributed by atoms with Crippen molar-refractivity contribution in [2.24, 2.45) is 35.1 Å². The Morgan fingerprint density at radius 2 is 0.989 bits per heavy atom. The summed E-state index contributed by atoms with van der Waals surface area (Å²) in [6.07, 6.45) is 7.01. The standard InChI is InChI=1S/C66H95N11O11S2/c1-34(2)50-61(85)71-45(31-38-19-12-11-13-20-38)63(87)77-30-18-26-47(77)58(82)73-51(35(3)4)60(84)69-44(24-16-28-68)57(81)74-52(36(5)6)64(88)76-29-17-25-46(76)55(79)48-32-41-39-21-14-22-40(39)42-33-49(90-66(42,10)65(41,9)89-48)59(83)75-53(54(78)37(7)8)62(86)70-43(23-15-27-67)56(80)72-50/h11-13,19-20,32-37,43-47,50-54,78H,14-18,21-31,67-68H2,1-10H3,(H,69,84)(H,70,86)(H,71,85)(H,72,80)(H,73,82)(H,74,81)(H,75,83)/t43-,44-,45+,46+,47-,50-,51-,52-,53-,54+,65-,66-/m0/s1. The normalized spacial score (nSPS) is 30.8. The van der Waals surface area contributed by atoms with Crippen molar-refractivity contribution in [1.82, 2.24) is 47.0 Å². The summed E-state index contributed by atoms with van der Waals surface area (Å²) in [6.45, 7) is 18.8. The van der Waals surface area contributed by atoms with Gasteiger partial charge >= 0.3 is 0 Å². The van der Waals surface area contributed by atoms with Crippen LogP contribution in [0.1, 0.15) is 145 Å². The largest absolute Gasteiger partial charge is 0.390 e. The lowest BCUT2D eigenvalue weighted by atomic mass is 9.72. The number of aliphatic hydroxyl groups is 1. The Bertz CT molecular complexity index is 3090. The predicted molar refractivity (Wildman–Crippen MR) is 346 cm³/mol. The smallest absolute Gasteiger partial charge is 0.258 e. The number of hydrogen-bond donors (Lipinski definition) is 10. The SMILES string of the molecule is CC(C)[C@@H]1NC(=O)[C@H](CCCN)NC(=O)[C@H]([C@H](O)C(C)C)NC(=O)C2=CC3=C4CCCC4=C4C=C(S[C@]4(C)[C@@]3(C)S2)C(=O)[C@H]2CCCN2C(=O)[C@H](C(C)C)NC(=O)[C@H](CCCN)NC(=O)[C@H](C(C)C)NC(=O)[C@@H]2CCCN2C(=O)[C@@H](Cc2ccccc2)NC1=O. The molecule has 9 amide bonds. The number of allylic oxidation sites excluding steroid dienone is 4. The van der Waals surface area contributed by atoms with E-state index >= 15 is 9.59 Å². The highest BCUT2D eigenvalue weighted by Gasteiger charge is 2.61. The average molecular weight is 1280 g/mol. The Balaban J connectivity index is 1.16. The summed E-state index contributed by atoms with van der Waals surface area (Å²) >= 11 is 2.73. The molecule has 492 valence electrons. The number of Topliss-reactive ketones (excluding diaryl/α,β-unsaturated/α-hetero) is 1. The van der Waals surface area contributed by atoms with Gasteiger partial charge < -0.3 is 63.6 Å². The Morgan fingerprint density at radius 1 is 0.533 bits per heavy atom. The Hall–Kier alpha value is -6.34. The second-order valence-electron chi connectivity index (χ2n) is 26.8. The third-order valence-corrected chi connectivity index (χ3v) is 22.3. The molecule has 1 saturated carbocycles. The number of aliphatic hydroxyl groups excluding tert-OH is 1. The van der Waals surface area contributed by atoms with Gasteiger partial charge in [-0.2, -0.15) is 0 Å². The zero-order valence-electron chi connectivity index (χ0n) is 53.8. The van der Waals surface area contributed by atoms with Gasteiger partial charge in [0, 0.05) is 19.5 Å². The topological polar surface area (TPSA) is 334 Å². The fraction of sp³-hybridized carbons (Fsp3) is 0.636. The molecule has 12 atom stereocenters. The van der Waals surface area contributed by atoms with E-state index in [1.807, 2.05) is 18.2 Å². The van der Waals surface area contributed by atoms with Crippen LogP contribution in [0.3, 0.4) is 0 Å². The number of benzene rings is 1. The maximum atomic E-state index is 15.2. The molecule has 12 N–H and O–H groups in total. The summed E-state index contributed by atoms with van der Waals surface area (Å²) in [7, 11) is 0. The van der Waals surface area contributed by atoms with Crippen LogP contribution < -0.4 is 48.7 Å². The first-order valence-corrected chi connectivity index (χ1v) is 34.0. The maximum Gasteiger partial charge on any atom is 0.258 e. The van der Waals surface area contributed by atoms with Gasteiger partial charge in [-0.1, -0.05) is 85.7 Å². The minimum absolute atomic E-state index is 0.00154. The van der Waals surface area contributed by atoms with E-state index in [2.05, 4.69) is 51.1 Å². The molecule has 5 aliphatic heterocycles. The lowest BCUT2D eigenvalue weighted by Gasteiger charge is -2.47. The van der Waals surface area contributed by atoms with Crippen LogP contribution in [0.2, 0.25) is 0 Å². The number of thioether (sulfide) groups is 2. The number of carbonyl (C=O) groups is 10. The summed E-state index contributed by atoms with van der Waals surface area (Å²) in [5.74, 6) is -8.22. The van der Waals surface area contributed by atoms with Crippen molar-refractivity contribution in [3.63, 3.8) is 0 Å². The molecule has 0 aromatic heterocycles. The van der Waals surface area contributed by atoms with E-state index in [0.717, 1.165) is 41.6 Å². The molecular formula is C66H95N11O11S2. The first-order chi connectivity index (χ1) is 42.6. The molecule has 7 aliphatic rings. The van der Waals surface area contributed by atoms with Crippen LogP contribution in [0.5, 0.6) is 0 Å². The summed E-state index contributed by atoms with van der Waals surface area (Å²) in [5.41, 5.74) is 16.7. The van der Waals surface area contributed by atoms with E-state index < -0.39 is 147 Å². The molecule has 0 unspecified atom stereocenters. The second kappa shape index (κ2) is 29.5. The fourth-order valence-electron chi connectivity index (χ4n) is 13.6. The highest BCUT2D eigenvalue weighted by molar-refractivity contribution is 8.10. The van der Waals surface area contributed by atoms with E-state index in [1.54, 1.807) is 84.6 Å². The molecule has 4 bridgehead atoms. The van der Waals surface area contributed by atoms with E-state index in [1.165, 1.54) is 28.4 Å². The monoisotopic (exact) mass is 1280 g/mol. The van der Waals surface area contributed by atoms with Crippen LogP contribution >= 0.6 is 23.5 Å². The van der Waals surface area contributed by atoms with Crippen molar-refractivity contribution in [2.75, 3.05) is 26.2 Å². The number of nitrogens with one attached hydrogen (secondary N) is 7. The zero-order valence-corrected chi connectivity index (χ0v) is 55.5. The van der Waals surface area contributed by atoms with Crippen LogP contribution in [0.25, 0.3) is 0 Å². The lowest BCUT2D eigenvalue weighted by Crippen LogP contribution is -2.62. The molecule has 24 heteroatoms. The van der Waals surface area contributed by atoms with Crippen LogP contribution in [0, 0.1) is 23.7 Å². The van der Waals surface area contributed by atoms with Gasteiger partial charge in [-0.05, 0) is 161 Å². The minimum Gasteiger partial charge on any atom is -0.390 e. The Morgan fingerprint density at radius 3 is 1.50 bits per heavy atom. The minimum atomic E-state index is -1.56. The van der Waals surface area contributed by atoms with Gasteiger partial charge in [0.15, 0.2) is 5.78 Å². The summed E-state index contributed by atoms with van der Waals surface area (Å²) in [4.78, 5) is 151. The third kappa shape index (κ3) is 14.6. The predicted octanol–water partition coefficient (Wildman–Crippen LogP) is 3.22. The summed E-state index contributed by atoms with van der Waals surface area (Å²) in [5, 5.41) is 31.8. The molecule has 1 aromatic rings. The fourth-order valence-corrected chi connectivity index (χ4v) is 16.7. The van der Waals surface area contributed by atoms with E-state index in [4.69, 9.17) is 11.5 Å². The van der Waals surface area contributed by atoms with E-state index in [0.29, 0.717) is 36.2 Å². The molecule has 0 spiro atoms. The number of fused-ring (bicyclic) bond motifs is 5. The van der Waals surface area contributed by atoms with Gasteiger partial charge in [-0.25, -0.2) is 0 Å². The van der Waals surface area contributed by atoms with Crippen molar-refractivity contribution in [1.29, 1.82) is 0 Å². The van der Waals surface area contributed by atoms with Crippen molar-refractivity contribution in [2.45, 2.75) is 216 Å². The molecular weight excluding hydrogens is 1190 g/mol. The van der Waals surface area contributed by atoms with Crippen molar-refractivity contribution >= 4 is 82.5 Å². The van der Waals surface area contributed by atoms with E-state index in [9.17, 15) is 43.5 Å². The zero-order chi connectivity index (χ0) is 65.7. The third-order valence-electron chi connectivity index (χ3n) is 19.0. The van der Waals surface area contributed by atoms with Gasteiger partial charge in [0.05, 0.1) is 31.5 Å². The highest BCUT2D eigenvalue weighted by atomic mass is 32.2. The van der Waals surface area contributed by atoms with Gasteiger partial charge in [-0.3, -0.25) is 47.9 Å². The molecule has 5 heterocycles. The number of nitrogens with zero attached hydrogens (tertiary/aromatic N) is 2. The van der Waals surface area contributed by atoms with Crippen molar-refractivity contribution in [3.8, 4) is 0 Å². The molecule has 4 fully saturated rings. The number of nitrogens with two attached hydrogens (primary N) is 2. The van der Waals surface area contributed by atoms with Gasteiger partial charge in [0.1, 0.15) is 48.3 Å². The molecule has 0 radical (unpaired) electrons. The summed E-state index contributed by atoms with van der Waals surface area (Å²) < 4.78 is -1.62. The molecule has 90 heavy (non-hydrogen) atoms. The number of amides is 9. The molecule has 3 saturated heterocycles. The Kier molecular flexibility index (Phi) is 22.8. The van der Waals surface area contributed by atoms with Crippen molar-refractivity contribution < 1.29 is 53.1 Å². The van der Waals surface area contributed by atoms with Gasteiger partial charge in [0.2, 0.25) is 47.3 Å². The molecule has 2 aliphatic carbocycles. The number of carbonyl (C=O) groups excluding carboxylic acids is 10. The second-order valence-corrected chi connectivity index (χ2v) is 29.7. The summed E-state index contributed by atoms with van der Waals surface area (Å²) in [6, 6.07) is -1.79. The van der Waals surface area contributed by atoms with Crippen molar-refractivity contribution in [3.05, 3.63) is 80.2 Å². The maximum absolute atomic E-state index is 15.2. The first kappa shape index (κ1) is 69.5.